The highest BCUT2D eigenvalue weighted by Crippen LogP contribution is 2.46. The van der Waals surface area contributed by atoms with E-state index in [4.69, 9.17) is 0 Å². The number of rotatable bonds is 8. The average Bonchev–Trinajstić information content (AvgIpc) is 3.32. The summed E-state index contributed by atoms with van der Waals surface area (Å²) in [6, 6.07) is 5.96. The lowest BCUT2D eigenvalue weighted by Crippen LogP contribution is -2.43. The van der Waals surface area contributed by atoms with E-state index in [0.717, 1.165) is 24.8 Å². The molecule has 1 aliphatic rings. The van der Waals surface area contributed by atoms with Gasteiger partial charge in [-0.2, -0.15) is 0 Å². The SMILES string of the molecule is CCCCCNC(=O)C1(C(=O)NCc2ccc(F)cc2)CC1. The maximum atomic E-state index is 12.8. The Morgan fingerprint density at radius 1 is 1.09 bits per heavy atom. The first-order valence-electron chi connectivity index (χ1n) is 7.89. The van der Waals surface area contributed by atoms with Gasteiger partial charge in [-0.15, -0.1) is 0 Å². The summed E-state index contributed by atoms with van der Waals surface area (Å²) in [5.74, 6) is -0.703. The summed E-state index contributed by atoms with van der Waals surface area (Å²) in [5, 5.41) is 5.64. The van der Waals surface area contributed by atoms with E-state index in [2.05, 4.69) is 17.6 Å². The van der Waals surface area contributed by atoms with Crippen molar-refractivity contribution in [2.75, 3.05) is 6.54 Å². The van der Waals surface area contributed by atoms with Crippen molar-refractivity contribution in [3.8, 4) is 0 Å². The highest BCUT2D eigenvalue weighted by atomic mass is 19.1. The van der Waals surface area contributed by atoms with Crippen LogP contribution in [0.15, 0.2) is 24.3 Å². The molecule has 0 bridgehead atoms. The lowest BCUT2D eigenvalue weighted by Gasteiger charge is -2.15. The molecule has 2 N–H and O–H groups in total. The summed E-state index contributed by atoms with van der Waals surface area (Å²) in [5.41, 5.74) is -0.0689. The zero-order valence-corrected chi connectivity index (χ0v) is 13.0. The van der Waals surface area contributed by atoms with E-state index in [1.807, 2.05) is 0 Å². The molecule has 4 nitrogen and oxygen atoms in total. The van der Waals surface area contributed by atoms with E-state index in [-0.39, 0.29) is 17.6 Å². The van der Waals surface area contributed by atoms with Gasteiger partial charge in [0, 0.05) is 13.1 Å². The molecule has 1 aliphatic carbocycles. The minimum atomic E-state index is -0.883. The van der Waals surface area contributed by atoms with Gasteiger partial charge in [-0.05, 0) is 37.0 Å². The van der Waals surface area contributed by atoms with Crippen LogP contribution in [0.25, 0.3) is 0 Å². The van der Waals surface area contributed by atoms with Crippen molar-refractivity contribution >= 4 is 11.8 Å². The monoisotopic (exact) mass is 306 g/mol. The first kappa shape index (κ1) is 16.5. The molecule has 2 amide bonds. The van der Waals surface area contributed by atoms with Gasteiger partial charge in [0.1, 0.15) is 11.2 Å². The minimum Gasteiger partial charge on any atom is -0.355 e. The lowest BCUT2D eigenvalue weighted by molar-refractivity contribution is -0.137. The van der Waals surface area contributed by atoms with Crippen LogP contribution in [-0.2, 0) is 16.1 Å². The van der Waals surface area contributed by atoms with E-state index >= 15 is 0 Å². The highest BCUT2D eigenvalue weighted by molar-refractivity contribution is 6.07. The molecule has 0 aliphatic heterocycles. The van der Waals surface area contributed by atoms with E-state index < -0.39 is 5.41 Å². The van der Waals surface area contributed by atoms with E-state index in [0.29, 0.717) is 25.9 Å². The second kappa shape index (κ2) is 7.38. The van der Waals surface area contributed by atoms with Crippen molar-refractivity contribution in [3.05, 3.63) is 35.6 Å². The second-order valence-electron chi connectivity index (χ2n) is 5.85. The number of hydrogen-bond acceptors (Lipinski definition) is 2. The Morgan fingerprint density at radius 2 is 1.73 bits per heavy atom. The average molecular weight is 306 g/mol. The van der Waals surface area contributed by atoms with Gasteiger partial charge in [-0.3, -0.25) is 9.59 Å². The molecule has 0 atom stereocenters. The number of halogens is 1. The molecule has 2 rings (SSSR count). The van der Waals surface area contributed by atoms with E-state index in [9.17, 15) is 14.0 Å². The summed E-state index contributed by atoms with van der Waals surface area (Å²) in [6.45, 7) is 3.04. The van der Waals surface area contributed by atoms with Crippen molar-refractivity contribution in [2.24, 2.45) is 5.41 Å². The topological polar surface area (TPSA) is 58.2 Å². The Hall–Kier alpha value is -1.91. The maximum Gasteiger partial charge on any atom is 0.235 e. The Balaban J connectivity index is 1.80. The third-order valence-corrected chi connectivity index (χ3v) is 4.05. The summed E-state index contributed by atoms with van der Waals surface area (Å²) >= 11 is 0. The number of nitrogens with one attached hydrogen (secondary N) is 2. The Bertz CT molecular complexity index is 524. The fourth-order valence-corrected chi connectivity index (χ4v) is 2.38. The molecular weight excluding hydrogens is 283 g/mol. The smallest absolute Gasteiger partial charge is 0.235 e. The number of carbonyl (C=O) groups excluding carboxylic acids is 2. The van der Waals surface area contributed by atoms with Crippen molar-refractivity contribution in [3.63, 3.8) is 0 Å². The third-order valence-electron chi connectivity index (χ3n) is 4.05. The Kier molecular flexibility index (Phi) is 5.52. The number of amides is 2. The summed E-state index contributed by atoms with van der Waals surface area (Å²) in [6.07, 6.45) is 4.31. The first-order valence-corrected chi connectivity index (χ1v) is 7.89. The minimum absolute atomic E-state index is 0.166. The van der Waals surface area contributed by atoms with Crippen LogP contribution in [0.2, 0.25) is 0 Å². The second-order valence-corrected chi connectivity index (χ2v) is 5.85. The predicted octanol–water partition coefficient (Wildman–Crippen LogP) is 2.53. The van der Waals surface area contributed by atoms with Gasteiger partial charge in [0.05, 0.1) is 0 Å². The lowest BCUT2D eigenvalue weighted by atomic mass is 10.0. The number of benzene rings is 1. The molecule has 0 saturated heterocycles. The van der Waals surface area contributed by atoms with Crippen LogP contribution in [0.3, 0.4) is 0 Å². The molecular formula is C17H23FN2O2. The van der Waals surface area contributed by atoms with Crippen LogP contribution >= 0.6 is 0 Å². The Morgan fingerprint density at radius 3 is 2.32 bits per heavy atom. The van der Waals surface area contributed by atoms with Gasteiger partial charge >= 0.3 is 0 Å². The van der Waals surface area contributed by atoms with E-state index in [1.54, 1.807) is 12.1 Å². The number of carbonyl (C=O) groups is 2. The van der Waals surface area contributed by atoms with Gasteiger partial charge in [0.15, 0.2) is 0 Å². The molecule has 5 heteroatoms. The molecule has 1 aromatic rings. The molecule has 0 aromatic heterocycles. The van der Waals surface area contributed by atoms with Gasteiger partial charge in [-0.1, -0.05) is 31.9 Å². The van der Waals surface area contributed by atoms with Crippen molar-refractivity contribution < 1.29 is 14.0 Å². The molecule has 0 spiro atoms. The molecule has 1 fully saturated rings. The van der Waals surface area contributed by atoms with Crippen molar-refractivity contribution in [1.82, 2.24) is 10.6 Å². The zero-order valence-electron chi connectivity index (χ0n) is 13.0. The first-order chi connectivity index (χ1) is 10.6. The molecule has 0 heterocycles. The van der Waals surface area contributed by atoms with Gasteiger partial charge in [0.2, 0.25) is 11.8 Å². The van der Waals surface area contributed by atoms with Crippen LogP contribution in [0.5, 0.6) is 0 Å². The number of hydrogen-bond donors (Lipinski definition) is 2. The largest absolute Gasteiger partial charge is 0.355 e. The Labute approximate surface area is 130 Å². The standard InChI is InChI=1S/C17H23FN2O2/c1-2-3-4-11-19-15(21)17(9-10-17)16(22)20-12-13-5-7-14(18)8-6-13/h5-8H,2-4,9-12H2,1H3,(H,19,21)(H,20,22). The van der Waals surface area contributed by atoms with Crippen LogP contribution in [0.4, 0.5) is 4.39 Å². The molecule has 1 saturated carbocycles. The molecule has 0 unspecified atom stereocenters. The summed E-state index contributed by atoms with van der Waals surface area (Å²) in [7, 11) is 0. The van der Waals surface area contributed by atoms with Crippen molar-refractivity contribution in [2.45, 2.75) is 45.6 Å². The quantitative estimate of drug-likeness (QED) is 0.573. The predicted molar refractivity (Wildman–Crippen MR) is 82.4 cm³/mol. The maximum absolute atomic E-state index is 12.8. The molecule has 0 radical (unpaired) electrons. The van der Waals surface area contributed by atoms with Crippen LogP contribution in [0, 0.1) is 11.2 Å². The van der Waals surface area contributed by atoms with Crippen LogP contribution in [0.1, 0.15) is 44.6 Å². The van der Waals surface area contributed by atoms with Gasteiger partial charge < -0.3 is 10.6 Å². The van der Waals surface area contributed by atoms with Crippen LogP contribution in [-0.4, -0.2) is 18.4 Å². The summed E-state index contributed by atoms with van der Waals surface area (Å²) in [4.78, 5) is 24.4. The van der Waals surface area contributed by atoms with Gasteiger partial charge in [0.25, 0.3) is 0 Å². The highest BCUT2D eigenvalue weighted by Gasteiger charge is 2.56. The van der Waals surface area contributed by atoms with Gasteiger partial charge in [-0.25, -0.2) is 4.39 Å². The van der Waals surface area contributed by atoms with Crippen LogP contribution < -0.4 is 10.6 Å². The summed E-state index contributed by atoms with van der Waals surface area (Å²) < 4.78 is 12.8. The molecule has 120 valence electrons. The molecule has 1 aromatic carbocycles. The fraction of sp³-hybridized carbons (Fsp3) is 0.529. The zero-order chi connectivity index (χ0) is 16.0. The van der Waals surface area contributed by atoms with Crippen molar-refractivity contribution in [1.29, 1.82) is 0 Å². The third kappa shape index (κ3) is 4.06. The van der Waals surface area contributed by atoms with E-state index in [1.165, 1.54) is 12.1 Å². The molecule has 22 heavy (non-hydrogen) atoms. The number of unbranched alkanes of at least 4 members (excludes halogenated alkanes) is 2. The normalized spacial score (nSPS) is 15.2. The fourth-order valence-electron chi connectivity index (χ4n) is 2.38.